The van der Waals surface area contributed by atoms with E-state index in [4.69, 9.17) is 5.73 Å². The van der Waals surface area contributed by atoms with Crippen molar-refractivity contribution in [1.82, 2.24) is 19.8 Å². The molecular weight excluding hydrogens is 278 g/mol. The molecule has 116 valence electrons. The highest BCUT2D eigenvalue weighted by Gasteiger charge is 2.26. The second-order valence-corrected chi connectivity index (χ2v) is 5.65. The number of benzene rings is 1. The summed E-state index contributed by atoms with van der Waals surface area (Å²) in [5.41, 5.74) is 7.00. The van der Waals surface area contributed by atoms with E-state index in [9.17, 15) is 4.79 Å². The third-order valence-electron chi connectivity index (χ3n) is 4.13. The van der Waals surface area contributed by atoms with Gasteiger partial charge >= 0.3 is 0 Å². The molecule has 0 radical (unpaired) electrons. The van der Waals surface area contributed by atoms with Crippen LogP contribution in [0.15, 0.2) is 36.7 Å². The van der Waals surface area contributed by atoms with Crippen LogP contribution in [0.4, 0.5) is 0 Å². The first kappa shape index (κ1) is 14.7. The summed E-state index contributed by atoms with van der Waals surface area (Å²) in [6, 6.07) is 7.77. The zero-order valence-electron chi connectivity index (χ0n) is 12.7. The van der Waals surface area contributed by atoms with Gasteiger partial charge < -0.3 is 15.6 Å². The molecule has 22 heavy (non-hydrogen) atoms. The van der Waals surface area contributed by atoms with Crippen LogP contribution in [-0.2, 0) is 13.6 Å². The molecule has 0 spiro atoms. The minimum Gasteiger partial charge on any atom is -0.366 e. The third kappa shape index (κ3) is 3.03. The Morgan fingerprint density at radius 3 is 2.82 bits per heavy atom. The summed E-state index contributed by atoms with van der Waals surface area (Å²) in [6.45, 7) is 3.66. The summed E-state index contributed by atoms with van der Waals surface area (Å²) in [4.78, 5) is 18.0. The van der Waals surface area contributed by atoms with Crippen LogP contribution in [0.3, 0.4) is 0 Å². The predicted molar refractivity (Wildman–Crippen MR) is 84.2 cm³/mol. The molecule has 1 amide bonds. The number of carbonyl (C=O) groups is 1. The zero-order chi connectivity index (χ0) is 15.5. The number of nitrogens with zero attached hydrogens (tertiary/aromatic N) is 3. The summed E-state index contributed by atoms with van der Waals surface area (Å²) in [6.07, 6.45) is 3.81. The van der Waals surface area contributed by atoms with Crippen LogP contribution in [0.2, 0.25) is 0 Å². The lowest BCUT2D eigenvalue weighted by Crippen LogP contribution is -2.46. The fraction of sp³-hybridized carbons (Fsp3) is 0.375. The van der Waals surface area contributed by atoms with Crippen molar-refractivity contribution in [3.63, 3.8) is 0 Å². The second-order valence-electron chi connectivity index (χ2n) is 5.65. The van der Waals surface area contributed by atoms with Gasteiger partial charge in [0.15, 0.2) is 0 Å². The van der Waals surface area contributed by atoms with E-state index >= 15 is 0 Å². The topological polar surface area (TPSA) is 76.2 Å². The van der Waals surface area contributed by atoms with Gasteiger partial charge in [0.05, 0.1) is 6.04 Å². The molecule has 1 fully saturated rings. The lowest BCUT2D eigenvalue weighted by molar-refractivity contribution is 0.1000. The molecule has 3 rings (SSSR count). The van der Waals surface area contributed by atoms with Gasteiger partial charge in [-0.1, -0.05) is 12.1 Å². The Kier molecular flexibility index (Phi) is 4.22. The number of aryl methyl sites for hydroxylation is 1. The van der Waals surface area contributed by atoms with Crippen molar-refractivity contribution in [3.05, 3.63) is 53.6 Å². The van der Waals surface area contributed by atoms with Gasteiger partial charge in [-0.15, -0.1) is 0 Å². The first-order valence-corrected chi connectivity index (χ1v) is 7.46. The van der Waals surface area contributed by atoms with E-state index < -0.39 is 0 Å². The molecule has 1 aliphatic heterocycles. The van der Waals surface area contributed by atoms with Gasteiger partial charge in [0, 0.05) is 51.2 Å². The number of primary amides is 1. The first-order valence-electron chi connectivity index (χ1n) is 7.46. The molecule has 6 heteroatoms. The Hall–Kier alpha value is -2.18. The van der Waals surface area contributed by atoms with Gasteiger partial charge in [-0.25, -0.2) is 4.98 Å². The smallest absolute Gasteiger partial charge is 0.248 e. The van der Waals surface area contributed by atoms with Crippen LogP contribution in [0.1, 0.15) is 27.8 Å². The van der Waals surface area contributed by atoms with Crippen molar-refractivity contribution >= 4 is 5.91 Å². The third-order valence-corrected chi connectivity index (χ3v) is 4.13. The number of aromatic nitrogens is 2. The molecule has 3 N–H and O–H groups in total. The predicted octanol–water partition coefficient (Wildman–Crippen LogP) is 0.666. The number of hydrogen-bond donors (Lipinski definition) is 2. The first-order chi connectivity index (χ1) is 10.6. The molecule has 1 aliphatic rings. The normalized spacial score (nSPS) is 19.2. The zero-order valence-corrected chi connectivity index (χ0v) is 12.7. The number of nitrogens with two attached hydrogens (primary N) is 1. The monoisotopic (exact) mass is 299 g/mol. The molecule has 1 aromatic carbocycles. The summed E-state index contributed by atoms with van der Waals surface area (Å²) in [5.74, 6) is 0.681. The summed E-state index contributed by atoms with van der Waals surface area (Å²) < 4.78 is 2.07. The Labute approximate surface area is 129 Å². The van der Waals surface area contributed by atoms with E-state index in [-0.39, 0.29) is 11.9 Å². The summed E-state index contributed by atoms with van der Waals surface area (Å²) in [5, 5.41) is 3.43. The standard InChI is InChI=1S/C16H21N5O/c1-20-8-7-19-16(20)14-10-18-6-9-21(14)11-12-2-4-13(5-3-12)15(17)22/h2-5,7-8,14,18H,6,9-11H2,1H3,(H2,17,22). The molecule has 1 atom stereocenters. The van der Waals surface area contributed by atoms with Crippen molar-refractivity contribution in [1.29, 1.82) is 0 Å². The van der Waals surface area contributed by atoms with Crippen LogP contribution in [0, 0.1) is 0 Å². The molecule has 1 saturated heterocycles. The van der Waals surface area contributed by atoms with Crippen molar-refractivity contribution in [2.24, 2.45) is 12.8 Å². The Morgan fingerprint density at radius 1 is 1.41 bits per heavy atom. The average Bonchev–Trinajstić information content (AvgIpc) is 2.94. The van der Waals surface area contributed by atoms with E-state index in [2.05, 4.69) is 19.8 Å². The average molecular weight is 299 g/mol. The number of hydrogen-bond acceptors (Lipinski definition) is 4. The van der Waals surface area contributed by atoms with Crippen LogP contribution in [0.5, 0.6) is 0 Å². The van der Waals surface area contributed by atoms with Crippen LogP contribution >= 0.6 is 0 Å². The van der Waals surface area contributed by atoms with Crippen molar-refractivity contribution in [3.8, 4) is 0 Å². The van der Waals surface area contributed by atoms with Gasteiger partial charge in [-0.05, 0) is 17.7 Å². The van der Waals surface area contributed by atoms with Crippen LogP contribution < -0.4 is 11.1 Å². The van der Waals surface area contributed by atoms with Gasteiger partial charge in [0.1, 0.15) is 5.82 Å². The molecule has 2 heterocycles. The Bertz CT molecular complexity index is 649. The van der Waals surface area contributed by atoms with Gasteiger partial charge in [-0.3, -0.25) is 9.69 Å². The highest BCUT2D eigenvalue weighted by Crippen LogP contribution is 2.22. The van der Waals surface area contributed by atoms with E-state index in [1.54, 1.807) is 12.1 Å². The molecule has 1 unspecified atom stereocenters. The number of carbonyl (C=O) groups excluding carboxylic acids is 1. The molecule has 1 aromatic heterocycles. The second kappa shape index (κ2) is 6.29. The minimum atomic E-state index is -0.389. The minimum absolute atomic E-state index is 0.254. The van der Waals surface area contributed by atoms with E-state index in [0.29, 0.717) is 5.56 Å². The maximum absolute atomic E-state index is 11.1. The fourth-order valence-corrected chi connectivity index (χ4v) is 2.90. The van der Waals surface area contributed by atoms with Gasteiger partial charge in [0.25, 0.3) is 0 Å². The molecule has 0 bridgehead atoms. The van der Waals surface area contributed by atoms with Crippen molar-refractivity contribution in [2.45, 2.75) is 12.6 Å². The van der Waals surface area contributed by atoms with Crippen LogP contribution in [0.25, 0.3) is 0 Å². The van der Waals surface area contributed by atoms with Gasteiger partial charge in [0.2, 0.25) is 5.91 Å². The molecular formula is C16H21N5O. The highest BCUT2D eigenvalue weighted by molar-refractivity contribution is 5.92. The number of nitrogens with one attached hydrogen (secondary N) is 1. The molecule has 2 aromatic rings. The van der Waals surface area contributed by atoms with Crippen molar-refractivity contribution < 1.29 is 4.79 Å². The van der Waals surface area contributed by atoms with Gasteiger partial charge in [-0.2, -0.15) is 0 Å². The Morgan fingerprint density at radius 2 is 2.18 bits per heavy atom. The lowest BCUT2D eigenvalue weighted by Gasteiger charge is -2.35. The number of rotatable bonds is 4. The van der Waals surface area contributed by atoms with E-state index in [0.717, 1.165) is 32.0 Å². The number of piperazine rings is 1. The number of imidazole rings is 1. The molecule has 0 saturated carbocycles. The Balaban J connectivity index is 1.77. The molecule has 0 aliphatic carbocycles. The SMILES string of the molecule is Cn1ccnc1C1CNCCN1Cc1ccc(C(N)=O)cc1. The summed E-state index contributed by atoms with van der Waals surface area (Å²) >= 11 is 0. The van der Waals surface area contributed by atoms with E-state index in [1.807, 2.05) is 31.6 Å². The largest absolute Gasteiger partial charge is 0.366 e. The lowest BCUT2D eigenvalue weighted by atomic mass is 10.1. The number of amides is 1. The fourth-order valence-electron chi connectivity index (χ4n) is 2.90. The van der Waals surface area contributed by atoms with Crippen molar-refractivity contribution in [2.75, 3.05) is 19.6 Å². The molecule has 6 nitrogen and oxygen atoms in total. The van der Waals surface area contributed by atoms with E-state index in [1.165, 1.54) is 5.56 Å². The maximum atomic E-state index is 11.1. The van der Waals surface area contributed by atoms with Crippen LogP contribution in [-0.4, -0.2) is 40.0 Å². The highest BCUT2D eigenvalue weighted by atomic mass is 16.1. The quantitative estimate of drug-likeness (QED) is 0.870. The summed E-state index contributed by atoms with van der Waals surface area (Å²) in [7, 11) is 2.02. The maximum Gasteiger partial charge on any atom is 0.248 e.